The molecule has 5 N–H and O–H groups in total. The van der Waals surface area contributed by atoms with Crippen molar-refractivity contribution in [2.45, 2.75) is 24.4 Å². The minimum absolute atomic E-state index is 0.0329. The van der Waals surface area contributed by atoms with Crippen LogP contribution in [0.15, 0.2) is 24.3 Å². The van der Waals surface area contributed by atoms with Crippen LogP contribution in [0, 0.1) is 0 Å². The Kier molecular flexibility index (Phi) is 14.3. The SMILES string of the molecule is O=C(CI)Nc1ccc(C(=O)NCCOCCO[C@@H]2C(COS(=O)(=O)O)OCC(OS(=O)(=O)O)[C@@H]2OS(=O)(=O)O)cc1. The predicted molar refractivity (Wildman–Crippen MR) is 147 cm³/mol. The molecule has 0 aromatic heterocycles. The van der Waals surface area contributed by atoms with Crippen molar-refractivity contribution in [3.8, 4) is 0 Å². The average molecular weight is 779 g/mol. The summed E-state index contributed by atoms with van der Waals surface area (Å²) in [5.74, 6) is -0.627. The third kappa shape index (κ3) is 14.2. The summed E-state index contributed by atoms with van der Waals surface area (Å²) in [5.41, 5.74) is 0.833. The van der Waals surface area contributed by atoms with E-state index in [0.29, 0.717) is 11.3 Å². The number of amides is 2. The second-order valence-corrected chi connectivity index (χ2v) is 12.0. The molecule has 1 saturated heterocycles. The summed E-state index contributed by atoms with van der Waals surface area (Å²) in [6, 6.07) is 6.12. The normalized spacial score (nSPS) is 21.5. The summed E-state index contributed by atoms with van der Waals surface area (Å²) in [7, 11) is -15.5. The Morgan fingerprint density at radius 1 is 0.905 bits per heavy atom. The molecule has 0 bridgehead atoms. The van der Waals surface area contributed by atoms with Crippen LogP contribution < -0.4 is 10.6 Å². The summed E-state index contributed by atoms with van der Waals surface area (Å²) in [4.78, 5) is 23.7. The smallest absolute Gasteiger partial charge is 0.377 e. The first-order valence-electron chi connectivity index (χ1n) is 11.5. The van der Waals surface area contributed by atoms with Gasteiger partial charge in [-0.1, -0.05) is 22.6 Å². The molecule has 1 aliphatic rings. The second kappa shape index (κ2) is 16.5. The van der Waals surface area contributed by atoms with Crippen molar-refractivity contribution in [2.24, 2.45) is 0 Å². The van der Waals surface area contributed by atoms with Gasteiger partial charge in [0, 0.05) is 17.8 Å². The number of halogens is 1. The highest BCUT2D eigenvalue weighted by atomic mass is 127. The van der Waals surface area contributed by atoms with E-state index in [0.717, 1.165) is 0 Å². The van der Waals surface area contributed by atoms with Crippen molar-refractivity contribution in [2.75, 3.05) is 49.3 Å². The fraction of sp³-hybridized carbons (Fsp3) is 0.579. The van der Waals surface area contributed by atoms with E-state index in [1.165, 1.54) is 12.1 Å². The molecule has 1 fully saturated rings. The molecular weight excluding hydrogens is 751 g/mol. The summed E-state index contributed by atoms with van der Waals surface area (Å²) >= 11 is 1.91. The van der Waals surface area contributed by atoms with Gasteiger partial charge in [-0.15, -0.1) is 0 Å². The third-order valence-electron chi connectivity index (χ3n) is 5.01. The Morgan fingerprint density at radius 2 is 1.55 bits per heavy atom. The van der Waals surface area contributed by atoms with Crippen LogP contribution in [-0.2, 0) is 62.8 Å². The average Bonchev–Trinajstić information content (AvgIpc) is 2.87. The van der Waals surface area contributed by atoms with Crippen LogP contribution in [0.5, 0.6) is 0 Å². The fourth-order valence-electron chi connectivity index (χ4n) is 3.41. The number of carbonyl (C=O) groups is 2. The Labute approximate surface area is 254 Å². The molecule has 19 nitrogen and oxygen atoms in total. The van der Waals surface area contributed by atoms with E-state index in [2.05, 4.69) is 23.2 Å². The molecule has 0 aliphatic carbocycles. The van der Waals surface area contributed by atoms with Gasteiger partial charge in [0.2, 0.25) is 5.91 Å². The van der Waals surface area contributed by atoms with Crippen molar-refractivity contribution in [3.63, 3.8) is 0 Å². The van der Waals surface area contributed by atoms with Gasteiger partial charge in [-0.2, -0.15) is 25.3 Å². The van der Waals surface area contributed by atoms with Gasteiger partial charge in [0.25, 0.3) is 5.91 Å². The Morgan fingerprint density at radius 3 is 2.12 bits per heavy atom. The number of carbonyl (C=O) groups excluding carboxylic acids is 2. The number of hydrogen-bond acceptors (Lipinski definition) is 14. The number of benzene rings is 1. The topological polar surface area (TPSA) is 277 Å². The molecule has 42 heavy (non-hydrogen) atoms. The summed E-state index contributed by atoms with van der Waals surface area (Å²) in [6.07, 6.45) is -7.17. The van der Waals surface area contributed by atoms with Crippen molar-refractivity contribution in [1.82, 2.24) is 5.32 Å². The molecule has 240 valence electrons. The molecule has 2 unspecified atom stereocenters. The molecule has 1 aliphatic heterocycles. The molecular formula is C19H27IN2O17S3. The first-order chi connectivity index (χ1) is 19.5. The van der Waals surface area contributed by atoms with E-state index in [1.54, 1.807) is 12.1 Å². The van der Waals surface area contributed by atoms with E-state index in [1.807, 2.05) is 22.6 Å². The van der Waals surface area contributed by atoms with Gasteiger partial charge in [-0.25, -0.2) is 12.5 Å². The van der Waals surface area contributed by atoms with Crippen LogP contribution in [0.2, 0.25) is 0 Å². The van der Waals surface area contributed by atoms with E-state index < -0.39 is 81.3 Å². The monoisotopic (exact) mass is 778 g/mol. The van der Waals surface area contributed by atoms with Crippen molar-refractivity contribution >= 4 is 71.3 Å². The molecule has 2 amide bonds. The van der Waals surface area contributed by atoms with Gasteiger partial charge in [0.1, 0.15) is 24.4 Å². The van der Waals surface area contributed by atoms with Crippen LogP contribution in [0.25, 0.3) is 0 Å². The van der Waals surface area contributed by atoms with Crippen molar-refractivity contribution in [1.29, 1.82) is 0 Å². The van der Waals surface area contributed by atoms with Gasteiger partial charge in [-0.3, -0.25) is 23.2 Å². The zero-order valence-corrected chi connectivity index (χ0v) is 25.8. The predicted octanol–water partition coefficient (Wildman–Crippen LogP) is -1.21. The van der Waals surface area contributed by atoms with Crippen molar-refractivity contribution in [3.05, 3.63) is 29.8 Å². The first-order valence-corrected chi connectivity index (χ1v) is 17.1. The van der Waals surface area contributed by atoms with Crippen LogP contribution in [0.1, 0.15) is 10.4 Å². The zero-order valence-electron chi connectivity index (χ0n) is 21.2. The molecule has 23 heteroatoms. The van der Waals surface area contributed by atoms with Crippen LogP contribution in [0.4, 0.5) is 5.69 Å². The molecule has 0 saturated carbocycles. The maximum absolute atomic E-state index is 12.3. The second-order valence-electron chi connectivity index (χ2n) is 8.10. The van der Waals surface area contributed by atoms with Crippen molar-refractivity contribution < 1.29 is 75.3 Å². The Hall–Kier alpha value is -1.62. The highest BCUT2D eigenvalue weighted by molar-refractivity contribution is 14.1. The largest absolute Gasteiger partial charge is 0.397 e. The quantitative estimate of drug-likeness (QED) is 0.0537. The minimum atomic E-state index is -5.29. The number of hydrogen-bond donors (Lipinski definition) is 5. The molecule has 1 heterocycles. The van der Waals surface area contributed by atoms with Crippen LogP contribution >= 0.6 is 22.6 Å². The van der Waals surface area contributed by atoms with Gasteiger partial charge in [0.15, 0.2) is 0 Å². The minimum Gasteiger partial charge on any atom is -0.377 e. The molecule has 1 aromatic rings. The summed E-state index contributed by atoms with van der Waals surface area (Å²) in [6.45, 7) is -2.38. The number of alkyl halides is 1. The first kappa shape index (κ1) is 36.6. The number of anilines is 1. The van der Waals surface area contributed by atoms with E-state index in [9.17, 15) is 34.8 Å². The maximum atomic E-state index is 12.3. The summed E-state index contributed by atoms with van der Waals surface area (Å²) < 4.78 is 123. The standard InChI is InChI=1S/C19H27IN2O17S3/c20-9-16(23)22-13-3-1-12(2-4-13)19(24)21-5-6-34-7-8-35-17-14(11-37-40(25,26)27)36-10-15(38-41(28,29)30)18(17)39-42(31,32)33/h1-4,14-15,17-18H,5-11H2,(H,21,24)(H,22,23)(H,25,26,27)(H,28,29,30)(H,31,32,33)/t14?,15?,17-,18+/m1/s1. The highest BCUT2D eigenvalue weighted by Crippen LogP contribution is 2.26. The lowest BCUT2D eigenvalue weighted by molar-refractivity contribution is -0.200. The number of ether oxygens (including phenoxy) is 3. The highest BCUT2D eigenvalue weighted by Gasteiger charge is 2.47. The number of nitrogens with one attached hydrogen (secondary N) is 2. The lowest BCUT2D eigenvalue weighted by atomic mass is 10.0. The molecule has 1 aromatic carbocycles. The van der Waals surface area contributed by atoms with E-state index in [4.69, 9.17) is 27.9 Å². The van der Waals surface area contributed by atoms with Crippen LogP contribution in [-0.4, -0.2) is 119 Å². The lowest BCUT2D eigenvalue weighted by Gasteiger charge is -2.40. The Balaban J connectivity index is 1.93. The number of rotatable bonds is 17. The van der Waals surface area contributed by atoms with Gasteiger partial charge < -0.3 is 24.8 Å². The van der Waals surface area contributed by atoms with E-state index >= 15 is 0 Å². The Bertz CT molecular complexity index is 1370. The van der Waals surface area contributed by atoms with Gasteiger partial charge >= 0.3 is 31.2 Å². The third-order valence-corrected chi connectivity index (χ3v) is 7.10. The molecule has 0 radical (unpaired) electrons. The van der Waals surface area contributed by atoms with E-state index in [-0.39, 0.29) is 30.1 Å². The summed E-state index contributed by atoms with van der Waals surface area (Å²) in [5, 5.41) is 5.22. The molecule has 4 atom stereocenters. The fourth-order valence-corrected chi connectivity index (χ4v) is 4.90. The lowest BCUT2D eigenvalue weighted by Crippen LogP contribution is -2.58. The molecule has 2 rings (SSSR count). The van der Waals surface area contributed by atoms with Crippen LogP contribution in [0.3, 0.4) is 0 Å². The van der Waals surface area contributed by atoms with Gasteiger partial charge in [-0.05, 0) is 24.3 Å². The zero-order chi connectivity index (χ0) is 31.6. The molecule has 0 spiro atoms. The van der Waals surface area contributed by atoms with Gasteiger partial charge in [0.05, 0.1) is 37.5 Å². The maximum Gasteiger partial charge on any atom is 0.397 e.